The molecule has 0 bridgehead atoms. The Kier molecular flexibility index (Phi) is 9.23. The van der Waals surface area contributed by atoms with E-state index in [0.717, 1.165) is 5.57 Å². The van der Waals surface area contributed by atoms with Crippen LogP contribution in [0.5, 0.6) is 5.75 Å². The van der Waals surface area contributed by atoms with E-state index in [4.69, 9.17) is 19.7 Å². The van der Waals surface area contributed by atoms with Gasteiger partial charge in [-0.05, 0) is 17.7 Å². The van der Waals surface area contributed by atoms with Crippen LogP contribution in [0.15, 0.2) is 41.6 Å². The highest BCUT2D eigenvalue weighted by molar-refractivity contribution is 5.35. The fourth-order valence-corrected chi connectivity index (χ4v) is 1.98. The smallest absolute Gasteiger partial charge is 0.125 e. The maximum absolute atomic E-state index is 10.3. The van der Waals surface area contributed by atoms with E-state index in [2.05, 4.69) is 5.73 Å². The zero-order valence-corrected chi connectivity index (χ0v) is 12.9. The standard InChI is InChI=1S/C17H24O5/c1-21-13-14(9-10-18)5-4-7-16(20)15-6-2-3-8-17(15)22-12-11-19/h2-4,6,8,16,18-20H,7,9-13H2,1H3/t5?,16-/m0/s1. The number of ether oxygens (including phenoxy) is 2. The van der Waals surface area contributed by atoms with Crippen molar-refractivity contribution in [2.24, 2.45) is 0 Å². The minimum absolute atomic E-state index is 0.0416. The Labute approximate surface area is 131 Å². The molecule has 0 aromatic heterocycles. The summed E-state index contributed by atoms with van der Waals surface area (Å²) in [7, 11) is 1.59. The van der Waals surface area contributed by atoms with Gasteiger partial charge in [0.15, 0.2) is 0 Å². The SMILES string of the molecule is COCC(=C=CC[C@H](O)c1ccccc1OCCO)CCO. The molecule has 22 heavy (non-hydrogen) atoms. The summed E-state index contributed by atoms with van der Waals surface area (Å²) in [5.74, 6) is 0.564. The van der Waals surface area contributed by atoms with Gasteiger partial charge >= 0.3 is 0 Å². The van der Waals surface area contributed by atoms with Crippen LogP contribution < -0.4 is 4.74 Å². The van der Waals surface area contributed by atoms with E-state index >= 15 is 0 Å². The molecular weight excluding hydrogens is 284 g/mol. The van der Waals surface area contributed by atoms with Crippen molar-refractivity contribution in [2.45, 2.75) is 18.9 Å². The number of para-hydroxylation sites is 1. The first kappa shape index (κ1) is 18.4. The highest BCUT2D eigenvalue weighted by Crippen LogP contribution is 2.27. The van der Waals surface area contributed by atoms with Crippen molar-refractivity contribution >= 4 is 0 Å². The second-order valence-corrected chi connectivity index (χ2v) is 4.72. The van der Waals surface area contributed by atoms with Crippen LogP contribution in [0, 0.1) is 0 Å². The summed E-state index contributed by atoms with van der Waals surface area (Å²) in [6, 6.07) is 7.19. The molecule has 0 heterocycles. The number of hydrogen-bond acceptors (Lipinski definition) is 5. The van der Waals surface area contributed by atoms with Crippen LogP contribution in [0.4, 0.5) is 0 Å². The molecule has 3 N–H and O–H groups in total. The van der Waals surface area contributed by atoms with Crippen molar-refractivity contribution < 1.29 is 24.8 Å². The molecule has 1 aromatic carbocycles. The van der Waals surface area contributed by atoms with Gasteiger partial charge in [-0.2, -0.15) is 0 Å². The van der Waals surface area contributed by atoms with Crippen molar-refractivity contribution in [3.8, 4) is 5.75 Å². The lowest BCUT2D eigenvalue weighted by molar-refractivity contribution is 0.166. The highest BCUT2D eigenvalue weighted by Gasteiger charge is 2.11. The Morgan fingerprint density at radius 3 is 2.73 bits per heavy atom. The van der Waals surface area contributed by atoms with E-state index in [-0.39, 0.29) is 19.8 Å². The molecule has 0 aliphatic rings. The largest absolute Gasteiger partial charge is 0.491 e. The maximum Gasteiger partial charge on any atom is 0.125 e. The van der Waals surface area contributed by atoms with Gasteiger partial charge in [0.05, 0.1) is 19.3 Å². The van der Waals surface area contributed by atoms with E-state index in [1.54, 1.807) is 25.3 Å². The highest BCUT2D eigenvalue weighted by atomic mass is 16.5. The van der Waals surface area contributed by atoms with Gasteiger partial charge in [-0.3, -0.25) is 0 Å². The topological polar surface area (TPSA) is 79.2 Å². The molecule has 0 aliphatic heterocycles. The quantitative estimate of drug-likeness (QED) is 0.572. The first-order valence-corrected chi connectivity index (χ1v) is 7.26. The average Bonchev–Trinajstić information content (AvgIpc) is 2.53. The Morgan fingerprint density at radius 1 is 1.27 bits per heavy atom. The summed E-state index contributed by atoms with van der Waals surface area (Å²) in [4.78, 5) is 0. The fourth-order valence-electron chi connectivity index (χ4n) is 1.98. The fraction of sp³-hybridized carbons (Fsp3) is 0.471. The maximum atomic E-state index is 10.3. The molecular formula is C17H24O5. The van der Waals surface area contributed by atoms with Gasteiger partial charge in [0, 0.05) is 32.1 Å². The Morgan fingerprint density at radius 2 is 2.05 bits per heavy atom. The summed E-state index contributed by atoms with van der Waals surface area (Å²) in [5, 5.41) is 28.0. The third-order valence-electron chi connectivity index (χ3n) is 3.01. The van der Waals surface area contributed by atoms with E-state index in [1.807, 2.05) is 12.1 Å². The summed E-state index contributed by atoms with van der Waals surface area (Å²) < 4.78 is 10.4. The van der Waals surface area contributed by atoms with Gasteiger partial charge in [-0.15, -0.1) is 5.73 Å². The Bertz CT molecular complexity index is 484. The summed E-state index contributed by atoms with van der Waals surface area (Å²) >= 11 is 0. The lowest BCUT2D eigenvalue weighted by Gasteiger charge is -2.14. The molecule has 0 saturated carbocycles. The van der Waals surface area contributed by atoms with Gasteiger partial charge in [0.1, 0.15) is 12.4 Å². The summed E-state index contributed by atoms with van der Waals surface area (Å²) in [6.45, 7) is 0.561. The number of benzene rings is 1. The Hall–Kier alpha value is -1.62. The molecule has 0 saturated heterocycles. The van der Waals surface area contributed by atoms with Gasteiger partial charge in [-0.25, -0.2) is 0 Å². The molecule has 0 fully saturated rings. The van der Waals surface area contributed by atoms with Crippen molar-refractivity contribution in [3.63, 3.8) is 0 Å². The predicted octanol–water partition coefficient (Wildman–Crippen LogP) is 1.59. The van der Waals surface area contributed by atoms with Gasteiger partial charge in [0.25, 0.3) is 0 Å². The van der Waals surface area contributed by atoms with Crippen LogP contribution in [0.3, 0.4) is 0 Å². The second-order valence-electron chi connectivity index (χ2n) is 4.72. The van der Waals surface area contributed by atoms with Crippen LogP contribution >= 0.6 is 0 Å². The zero-order chi connectivity index (χ0) is 16.2. The normalized spacial score (nSPS) is 11.6. The van der Waals surface area contributed by atoms with E-state index < -0.39 is 6.10 Å². The molecule has 0 spiro atoms. The number of methoxy groups -OCH3 is 1. The van der Waals surface area contributed by atoms with Gasteiger partial charge < -0.3 is 24.8 Å². The van der Waals surface area contributed by atoms with Crippen LogP contribution in [0.25, 0.3) is 0 Å². The molecule has 5 nitrogen and oxygen atoms in total. The molecule has 0 aliphatic carbocycles. The number of aliphatic hydroxyl groups is 3. The third kappa shape index (κ3) is 6.43. The van der Waals surface area contributed by atoms with Crippen molar-refractivity contribution in [2.75, 3.05) is 33.5 Å². The molecule has 0 unspecified atom stereocenters. The van der Waals surface area contributed by atoms with Crippen molar-refractivity contribution in [3.05, 3.63) is 47.2 Å². The second kappa shape index (κ2) is 11.0. The average molecular weight is 308 g/mol. The van der Waals surface area contributed by atoms with Crippen LogP contribution in [-0.4, -0.2) is 48.9 Å². The molecule has 0 amide bonds. The predicted molar refractivity (Wildman–Crippen MR) is 83.8 cm³/mol. The van der Waals surface area contributed by atoms with Crippen molar-refractivity contribution in [1.82, 2.24) is 0 Å². The third-order valence-corrected chi connectivity index (χ3v) is 3.01. The van der Waals surface area contributed by atoms with Crippen LogP contribution in [-0.2, 0) is 4.74 Å². The Balaban J connectivity index is 2.75. The molecule has 1 atom stereocenters. The molecule has 1 aromatic rings. The number of rotatable bonds is 10. The zero-order valence-electron chi connectivity index (χ0n) is 12.9. The number of aliphatic hydroxyl groups excluding tert-OH is 3. The lowest BCUT2D eigenvalue weighted by atomic mass is 10.1. The molecule has 1 rings (SSSR count). The minimum atomic E-state index is -0.722. The van der Waals surface area contributed by atoms with Gasteiger partial charge in [-0.1, -0.05) is 18.2 Å². The van der Waals surface area contributed by atoms with E-state index in [1.165, 1.54) is 0 Å². The van der Waals surface area contributed by atoms with Crippen LogP contribution in [0.1, 0.15) is 24.5 Å². The van der Waals surface area contributed by atoms with E-state index in [0.29, 0.717) is 30.8 Å². The molecule has 5 heteroatoms. The molecule has 122 valence electrons. The molecule has 0 radical (unpaired) electrons. The summed E-state index contributed by atoms with van der Waals surface area (Å²) in [5.41, 5.74) is 4.57. The van der Waals surface area contributed by atoms with E-state index in [9.17, 15) is 5.11 Å². The minimum Gasteiger partial charge on any atom is -0.491 e. The monoisotopic (exact) mass is 308 g/mol. The number of hydrogen-bond donors (Lipinski definition) is 3. The van der Waals surface area contributed by atoms with Crippen molar-refractivity contribution in [1.29, 1.82) is 0 Å². The first-order chi connectivity index (χ1) is 10.7. The summed E-state index contributed by atoms with van der Waals surface area (Å²) in [6.07, 6.45) is 1.88. The van der Waals surface area contributed by atoms with Gasteiger partial charge in [0.2, 0.25) is 0 Å². The first-order valence-electron chi connectivity index (χ1n) is 7.26. The van der Waals surface area contributed by atoms with Crippen LogP contribution in [0.2, 0.25) is 0 Å². The lowest BCUT2D eigenvalue weighted by Crippen LogP contribution is -2.06.